The molecular formula is C14H26N2O2. The first kappa shape index (κ1) is 13.7. The van der Waals surface area contributed by atoms with Crippen LogP contribution in [0.1, 0.15) is 46.5 Å². The quantitative estimate of drug-likeness (QED) is 0.759. The van der Waals surface area contributed by atoms with Crippen molar-refractivity contribution in [1.82, 2.24) is 9.80 Å². The van der Waals surface area contributed by atoms with E-state index in [1.54, 1.807) is 0 Å². The Kier molecular flexibility index (Phi) is 3.85. The molecule has 2 fully saturated rings. The van der Waals surface area contributed by atoms with Crippen LogP contribution in [-0.2, 0) is 4.74 Å². The van der Waals surface area contributed by atoms with Crippen LogP contribution in [0.5, 0.6) is 0 Å². The zero-order valence-electron chi connectivity index (χ0n) is 12.1. The molecule has 0 aromatic rings. The molecule has 1 heterocycles. The summed E-state index contributed by atoms with van der Waals surface area (Å²) in [6, 6.07) is 1.46. The number of ether oxygens (including phenoxy) is 1. The van der Waals surface area contributed by atoms with Gasteiger partial charge in [-0.2, -0.15) is 0 Å². The first-order valence-corrected chi connectivity index (χ1v) is 7.07. The van der Waals surface area contributed by atoms with Crippen LogP contribution in [0.25, 0.3) is 0 Å². The first-order chi connectivity index (χ1) is 8.37. The van der Waals surface area contributed by atoms with Crippen molar-refractivity contribution in [3.05, 3.63) is 0 Å². The highest BCUT2D eigenvalue weighted by molar-refractivity contribution is 5.68. The van der Waals surface area contributed by atoms with Crippen molar-refractivity contribution in [3.8, 4) is 0 Å². The van der Waals surface area contributed by atoms with Gasteiger partial charge in [0.15, 0.2) is 0 Å². The number of carbonyl (C=O) groups excluding carboxylic acids is 1. The summed E-state index contributed by atoms with van der Waals surface area (Å²) in [5.74, 6) is 0. The number of nitrogens with zero attached hydrogens (tertiary/aromatic N) is 2. The Hall–Kier alpha value is -0.770. The lowest BCUT2D eigenvalue weighted by molar-refractivity contribution is 0.0153. The summed E-state index contributed by atoms with van der Waals surface area (Å²) in [7, 11) is 2.23. The topological polar surface area (TPSA) is 32.8 Å². The van der Waals surface area contributed by atoms with E-state index in [0.717, 1.165) is 32.0 Å². The Labute approximate surface area is 110 Å². The van der Waals surface area contributed by atoms with Crippen molar-refractivity contribution in [2.24, 2.45) is 0 Å². The Balaban J connectivity index is 1.77. The number of hydrogen-bond acceptors (Lipinski definition) is 3. The van der Waals surface area contributed by atoms with Crippen LogP contribution in [0.4, 0.5) is 4.79 Å². The first-order valence-electron chi connectivity index (χ1n) is 7.07. The minimum atomic E-state index is -0.390. The minimum Gasteiger partial charge on any atom is -0.444 e. The summed E-state index contributed by atoms with van der Waals surface area (Å²) in [6.07, 6.45) is 4.69. The summed E-state index contributed by atoms with van der Waals surface area (Å²) in [6.45, 7) is 7.41. The van der Waals surface area contributed by atoms with Gasteiger partial charge in [0, 0.05) is 25.2 Å². The molecule has 0 bridgehead atoms. The fourth-order valence-corrected chi connectivity index (χ4v) is 2.56. The molecule has 18 heavy (non-hydrogen) atoms. The second-order valence-corrected chi connectivity index (χ2v) is 6.60. The third kappa shape index (κ3) is 3.61. The van der Waals surface area contributed by atoms with Gasteiger partial charge in [0.2, 0.25) is 0 Å². The maximum absolute atomic E-state index is 11.9. The highest BCUT2D eigenvalue weighted by Gasteiger charge is 2.34. The lowest BCUT2D eigenvalue weighted by atomic mass is 10.0. The zero-order valence-corrected chi connectivity index (χ0v) is 12.1. The summed E-state index contributed by atoms with van der Waals surface area (Å²) >= 11 is 0. The molecule has 1 saturated heterocycles. The molecule has 0 N–H and O–H groups in total. The maximum atomic E-state index is 11.9. The Bertz CT molecular complexity index is 299. The molecule has 104 valence electrons. The van der Waals surface area contributed by atoms with Gasteiger partial charge in [-0.3, -0.25) is 0 Å². The summed E-state index contributed by atoms with van der Waals surface area (Å²) in [5.41, 5.74) is -0.390. The molecule has 4 heteroatoms. The standard InChI is InChI=1S/C14H26N2O2/c1-14(2,3)18-13(17)16-9-7-12(8-10-16)15(4)11-5-6-11/h11-12H,5-10H2,1-4H3. The van der Waals surface area contributed by atoms with Crippen LogP contribution < -0.4 is 0 Å². The third-order valence-electron chi connectivity index (χ3n) is 3.81. The van der Waals surface area contributed by atoms with Gasteiger partial charge in [-0.15, -0.1) is 0 Å². The van der Waals surface area contributed by atoms with E-state index in [4.69, 9.17) is 4.74 Å². The number of piperidine rings is 1. The van der Waals surface area contributed by atoms with Crippen LogP contribution in [-0.4, -0.2) is 53.7 Å². The average Bonchev–Trinajstić information content (AvgIpc) is 3.10. The van der Waals surface area contributed by atoms with E-state index >= 15 is 0 Å². The third-order valence-corrected chi connectivity index (χ3v) is 3.81. The Morgan fingerprint density at radius 3 is 2.06 bits per heavy atom. The van der Waals surface area contributed by atoms with Crippen molar-refractivity contribution >= 4 is 6.09 Å². The monoisotopic (exact) mass is 254 g/mol. The highest BCUT2D eigenvalue weighted by atomic mass is 16.6. The molecule has 1 amide bonds. The SMILES string of the molecule is CN(C1CC1)C1CCN(C(=O)OC(C)(C)C)CC1. The van der Waals surface area contributed by atoms with Crippen LogP contribution in [0, 0.1) is 0 Å². The van der Waals surface area contributed by atoms with E-state index in [1.165, 1.54) is 12.8 Å². The van der Waals surface area contributed by atoms with Crippen LogP contribution in [0.15, 0.2) is 0 Å². The Morgan fingerprint density at radius 2 is 1.61 bits per heavy atom. The zero-order chi connectivity index (χ0) is 13.3. The Morgan fingerprint density at radius 1 is 1.11 bits per heavy atom. The van der Waals surface area contributed by atoms with Crippen LogP contribution in [0.3, 0.4) is 0 Å². The van der Waals surface area contributed by atoms with Gasteiger partial charge in [-0.1, -0.05) is 0 Å². The predicted octanol–water partition coefficient (Wildman–Crippen LogP) is 2.48. The normalized spacial score (nSPS) is 22.4. The number of carbonyl (C=O) groups is 1. The van der Waals surface area contributed by atoms with E-state index in [-0.39, 0.29) is 6.09 Å². The number of rotatable bonds is 2. The number of amides is 1. The largest absolute Gasteiger partial charge is 0.444 e. The molecule has 2 rings (SSSR count). The van der Waals surface area contributed by atoms with Gasteiger partial charge < -0.3 is 14.5 Å². The molecule has 0 aromatic carbocycles. The molecular weight excluding hydrogens is 228 g/mol. The molecule has 1 saturated carbocycles. The van der Waals surface area contributed by atoms with E-state index in [1.807, 2.05) is 25.7 Å². The van der Waals surface area contributed by atoms with Gasteiger partial charge in [0.05, 0.1) is 0 Å². The molecule has 0 spiro atoms. The molecule has 2 aliphatic rings. The molecule has 1 aliphatic heterocycles. The van der Waals surface area contributed by atoms with Crippen molar-refractivity contribution in [2.45, 2.75) is 64.1 Å². The van der Waals surface area contributed by atoms with Crippen LogP contribution in [0.2, 0.25) is 0 Å². The van der Waals surface area contributed by atoms with E-state index in [9.17, 15) is 4.79 Å². The number of likely N-dealkylation sites (tertiary alicyclic amines) is 1. The molecule has 0 unspecified atom stereocenters. The molecule has 0 atom stereocenters. The molecule has 4 nitrogen and oxygen atoms in total. The fourth-order valence-electron chi connectivity index (χ4n) is 2.56. The van der Waals surface area contributed by atoms with E-state index < -0.39 is 5.60 Å². The fraction of sp³-hybridized carbons (Fsp3) is 0.929. The highest BCUT2D eigenvalue weighted by Crippen LogP contribution is 2.30. The predicted molar refractivity (Wildman–Crippen MR) is 71.6 cm³/mol. The van der Waals surface area contributed by atoms with E-state index in [2.05, 4.69) is 11.9 Å². The summed E-state index contributed by atoms with van der Waals surface area (Å²) < 4.78 is 5.41. The molecule has 0 aromatic heterocycles. The minimum absolute atomic E-state index is 0.157. The van der Waals surface area contributed by atoms with E-state index in [0.29, 0.717) is 6.04 Å². The summed E-state index contributed by atoms with van der Waals surface area (Å²) in [4.78, 5) is 16.3. The van der Waals surface area contributed by atoms with Crippen molar-refractivity contribution < 1.29 is 9.53 Å². The maximum Gasteiger partial charge on any atom is 0.410 e. The lowest BCUT2D eigenvalue weighted by Crippen LogP contribution is -2.47. The van der Waals surface area contributed by atoms with Crippen LogP contribution >= 0.6 is 0 Å². The second-order valence-electron chi connectivity index (χ2n) is 6.60. The van der Waals surface area contributed by atoms with Gasteiger partial charge in [-0.05, 0) is 53.5 Å². The van der Waals surface area contributed by atoms with Gasteiger partial charge in [0.25, 0.3) is 0 Å². The van der Waals surface area contributed by atoms with Gasteiger partial charge in [0.1, 0.15) is 5.60 Å². The van der Waals surface area contributed by atoms with Crippen molar-refractivity contribution in [1.29, 1.82) is 0 Å². The summed E-state index contributed by atoms with van der Waals surface area (Å²) in [5, 5.41) is 0. The van der Waals surface area contributed by atoms with Gasteiger partial charge in [-0.25, -0.2) is 4.79 Å². The van der Waals surface area contributed by atoms with Crippen molar-refractivity contribution in [2.75, 3.05) is 20.1 Å². The van der Waals surface area contributed by atoms with Crippen molar-refractivity contribution in [3.63, 3.8) is 0 Å². The van der Waals surface area contributed by atoms with Gasteiger partial charge >= 0.3 is 6.09 Å². The second kappa shape index (κ2) is 5.08. The average molecular weight is 254 g/mol. The number of hydrogen-bond donors (Lipinski definition) is 0. The smallest absolute Gasteiger partial charge is 0.410 e. The lowest BCUT2D eigenvalue weighted by Gasteiger charge is -2.37. The molecule has 1 aliphatic carbocycles. The molecule has 0 radical (unpaired) electrons.